The van der Waals surface area contributed by atoms with E-state index >= 15 is 0 Å². The van der Waals surface area contributed by atoms with E-state index in [1.54, 1.807) is 29.2 Å². The third-order valence-electron chi connectivity index (χ3n) is 2.67. The van der Waals surface area contributed by atoms with Gasteiger partial charge in [0.15, 0.2) is 5.82 Å². The Morgan fingerprint density at radius 3 is 2.65 bits per heavy atom. The highest BCUT2D eigenvalue weighted by molar-refractivity contribution is 6.30. The molecule has 106 valence electrons. The molecule has 0 saturated carbocycles. The van der Waals surface area contributed by atoms with Crippen molar-refractivity contribution in [2.24, 2.45) is 0 Å². The molecule has 0 unspecified atom stereocenters. The number of hydrogen-bond acceptors (Lipinski definition) is 5. The molecule has 0 aliphatic rings. The number of hydrogen-bond donors (Lipinski definition) is 1. The summed E-state index contributed by atoms with van der Waals surface area (Å²) in [5.41, 5.74) is 0.730. The Hall–Kier alpha value is -2.08. The Morgan fingerprint density at radius 2 is 2.10 bits per heavy atom. The molecule has 2 aromatic rings. The largest absolute Gasteiger partial charge is 0.480 e. The minimum absolute atomic E-state index is 0.161. The van der Waals surface area contributed by atoms with Crippen LogP contribution in [0.5, 0.6) is 0 Å². The predicted molar refractivity (Wildman–Crippen MR) is 73.8 cm³/mol. The highest BCUT2D eigenvalue weighted by Crippen LogP contribution is 2.19. The van der Waals surface area contributed by atoms with E-state index in [0.717, 1.165) is 5.69 Å². The lowest BCUT2D eigenvalue weighted by atomic mass is 10.3. The first-order valence-corrected chi connectivity index (χ1v) is 6.50. The van der Waals surface area contributed by atoms with Gasteiger partial charge < -0.3 is 14.5 Å². The molecule has 0 spiro atoms. The molecule has 0 bridgehead atoms. The van der Waals surface area contributed by atoms with Crippen LogP contribution in [0.25, 0.3) is 0 Å². The third-order valence-corrected chi connectivity index (χ3v) is 2.92. The predicted octanol–water partition coefficient (Wildman–Crippen LogP) is 2.38. The second kappa shape index (κ2) is 6.38. The molecule has 0 saturated heterocycles. The van der Waals surface area contributed by atoms with Gasteiger partial charge in [-0.2, -0.15) is 4.98 Å². The molecule has 0 fully saturated rings. The zero-order chi connectivity index (χ0) is 14.5. The monoisotopic (exact) mass is 295 g/mol. The average molecular weight is 296 g/mol. The lowest BCUT2D eigenvalue weighted by Crippen LogP contribution is -2.29. The Kier molecular flexibility index (Phi) is 4.57. The van der Waals surface area contributed by atoms with Gasteiger partial charge in [0.1, 0.15) is 6.54 Å². The summed E-state index contributed by atoms with van der Waals surface area (Å²) in [6.45, 7) is 2.00. The number of carboxylic acids is 1. The van der Waals surface area contributed by atoms with Crippen LogP contribution in [0.3, 0.4) is 0 Å². The molecule has 7 heteroatoms. The van der Waals surface area contributed by atoms with Gasteiger partial charge >= 0.3 is 5.97 Å². The van der Waals surface area contributed by atoms with Crippen LogP contribution < -0.4 is 4.90 Å². The molecule has 0 amide bonds. The number of halogens is 1. The maximum Gasteiger partial charge on any atom is 0.323 e. The number of nitrogens with zero attached hydrogens (tertiary/aromatic N) is 3. The molecule has 20 heavy (non-hydrogen) atoms. The summed E-state index contributed by atoms with van der Waals surface area (Å²) in [6.07, 6.45) is 0.670. The summed E-state index contributed by atoms with van der Waals surface area (Å²) >= 11 is 5.83. The third kappa shape index (κ3) is 3.71. The van der Waals surface area contributed by atoms with Crippen molar-refractivity contribution in [1.29, 1.82) is 0 Å². The lowest BCUT2D eigenvalue weighted by molar-refractivity contribution is -0.135. The van der Waals surface area contributed by atoms with Crippen LogP contribution in [0, 0.1) is 0 Å². The van der Waals surface area contributed by atoms with Crippen molar-refractivity contribution in [3.8, 4) is 0 Å². The van der Waals surface area contributed by atoms with Gasteiger partial charge in [0, 0.05) is 17.1 Å². The molecule has 1 aromatic carbocycles. The van der Waals surface area contributed by atoms with Gasteiger partial charge in [0.2, 0.25) is 5.89 Å². The van der Waals surface area contributed by atoms with E-state index in [4.69, 9.17) is 21.2 Å². The van der Waals surface area contributed by atoms with Crippen molar-refractivity contribution in [3.05, 3.63) is 41.0 Å². The summed E-state index contributed by atoms with van der Waals surface area (Å²) in [5.74, 6) is 0.0552. The van der Waals surface area contributed by atoms with Gasteiger partial charge in [0.05, 0.1) is 6.54 Å². The van der Waals surface area contributed by atoms with E-state index in [1.807, 2.05) is 6.92 Å². The van der Waals surface area contributed by atoms with Crippen molar-refractivity contribution in [2.45, 2.75) is 19.9 Å². The van der Waals surface area contributed by atoms with Crippen LogP contribution in [-0.4, -0.2) is 27.8 Å². The first-order valence-electron chi connectivity index (χ1n) is 6.12. The number of carboxylic acid groups (broad SMARTS) is 1. The summed E-state index contributed by atoms with van der Waals surface area (Å²) in [7, 11) is 0. The summed E-state index contributed by atoms with van der Waals surface area (Å²) in [4.78, 5) is 16.8. The van der Waals surface area contributed by atoms with E-state index in [0.29, 0.717) is 23.2 Å². The highest BCUT2D eigenvalue weighted by Gasteiger charge is 2.15. The maximum atomic E-state index is 11.0. The topological polar surface area (TPSA) is 79.5 Å². The zero-order valence-electron chi connectivity index (χ0n) is 10.9. The van der Waals surface area contributed by atoms with Gasteiger partial charge in [-0.15, -0.1) is 0 Å². The van der Waals surface area contributed by atoms with Gasteiger partial charge in [-0.1, -0.05) is 23.7 Å². The van der Waals surface area contributed by atoms with Crippen LogP contribution in [0.4, 0.5) is 5.69 Å². The molecule has 1 N–H and O–H groups in total. The number of rotatable bonds is 6. The van der Waals surface area contributed by atoms with Gasteiger partial charge in [-0.3, -0.25) is 4.79 Å². The highest BCUT2D eigenvalue weighted by atomic mass is 35.5. The quantitative estimate of drug-likeness (QED) is 0.881. The standard InChI is InChI=1S/C13H14ClN3O3/c1-2-11-15-12(20-16-11)7-17(8-13(18)19)10-5-3-9(14)4-6-10/h3-6H,2,7-8H2,1H3,(H,18,19). The summed E-state index contributed by atoms with van der Waals surface area (Å²) < 4.78 is 5.09. The van der Waals surface area contributed by atoms with Gasteiger partial charge in [0.25, 0.3) is 0 Å². The molecule has 6 nitrogen and oxygen atoms in total. The van der Waals surface area contributed by atoms with Crippen molar-refractivity contribution in [3.63, 3.8) is 0 Å². The number of aryl methyl sites for hydroxylation is 1. The van der Waals surface area contributed by atoms with Gasteiger partial charge in [-0.05, 0) is 24.3 Å². The maximum absolute atomic E-state index is 11.0. The van der Waals surface area contributed by atoms with E-state index in [2.05, 4.69) is 10.1 Å². The number of carbonyl (C=O) groups is 1. The Bertz CT molecular complexity index is 583. The number of benzene rings is 1. The first-order chi connectivity index (χ1) is 9.58. The average Bonchev–Trinajstić information content (AvgIpc) is 2.86. The fourth-order valence-corrected chi connectivity index (χ4v) is 1.84. The molecule has 0 aliphatic heterocycles. The SMILES string of the molecule is CCc1noc(CN(CC(=O)O)c2ccc(Cl)cc2)n1. The zero-order valence-corrected chi connectivity index (χ0v) is 11.7. The van der Waals surface area contributed by atoms with E-state index in [1.165, 1.54) is 0 Å². The molecular formula is C13H14ClN3O3. The summed E-state index contributed by atoms with van der Waals surface area (Å²) in [5, 5.41) is 13.4. The number of anilines is 1. The number of aromatic nitrogens is 2. The van der Waals surface area contributed by atoms with Gasteiger partial charge in [-0.25, -0.2) is 0 Å². The molecule has 0 aliphatic carbocycles. The minimum Gasteiger partial charge on any atom is -0.480 e. The molecule has 0 radical (unpaired) electrons. The molecule has 2 rings (SSSR count). The first kappa shape index (κ1) is 14.3. The molecule has 0 atom stereocenters. The smallest absolute Gasteiger partial charge is 0.323 e. The van der Waals surface area contributed by atoms with Crippen LogP contribution in [0.15, 0.2) is 28.8 Å². The fourth-order valence-electron chi connectivity index (χ4n) is 1.71. The number of aliphatic carboxylic acids is 1. The molecule has 1 heterocycles. The van der Waals surface area contributed by atoms with Crippen molar-refractivity contribution < 1.29 is 14.4 Å². The normalized spacial score (nSPS) is 10.5. The van der Waals surface area contributed by atoms with Crippen molar-refractivity contribution >= 4 is 23.3 Å². The fraction of sp³-hybridized carbons (Fsp3) is 0.308. The minimum atomic E-state index is -0.935. The van der Waals surface area contributed by atoms with E-state index in [9.17, 15) is 4.79 Å². The molecule has 1 aromatic heterocycles. The lowest BCUT2D eigenvalue weighted by Gasteiger charge is -2.20. The van der Waals surface area contributed by atoms with Crippen LogP contribution in [0.2, 0.25) is 5.02 Å². The van der Waals surface area contributed by atoms with Crippen molar-refractivity contribution in [1.82, 2.24) is 10.1 Å². The second-order valence-electron chi connectivity index (χ2n) is 4.18. The van der Waals surface area contributed by atoms with Crippen LogP contribution >= 0.6 is 11.6 Å². The van der Waals surface area contributed by atoms with E-state index in [-0.39, 0.29) is 13.1 Å². The van der Waals surface area contributed by atoms with Crippen LogP contribution in [-0.2, 0) is 17.8 Å². The summed E-state index contributed by atoms with van der Waals surface area (Å²) in [6, 6.07) is 6.92. The Labute approximate surface area is 121 Å². The van der Waals surface area contributed by atoms with E-state index < -0.39 is 5.97 Å². The molecular weight excluding hydrogens is 282 g/mol. The Morgan fingerprint density at radius 1 is 1.40 bits per heavy atom. The van der Waals surface area contributed by atoms with Crippen molar-refractivity contribution in [2.75, 3.05) is 11.4 Å². The second-order valence-corrected chi connectivity index (χ2v) is 4.62. The van der Waals surface area contributed by atoms with Crippen LogP contribution in [0.1, 0.15) is 18.6 Å². The Balaban J connectivity index is 2.18.